The highest BCUT2D eigenvalue weighted by Gasteiger charge is 2.41. The lowest BCUT2D eigenvalue weighted by molar-refractivity contribution is -0.114. The molecular weight excluding hydrogens is 452 g/mol. The van der Waals surface area contributed by atoms with Gasteiger partial charge in [-0.15, -0.1) is 0 Å². The molecule has 4 rings (SSSR count). The van der Waals surface area contributed by atoms with Crippen molar-refractivity contribution in [2.24, 2.45) is 0 Å². The molecule has 1 atom stereocenters. The number of thiazole rings is 1. The van der Waals surface area contributed by atoms with E-state index in [4.69, 9.17) is 4.74 Å². The van der Waals surface area contributed by atoms with Gasteiger partial charge in [-0.3, -0.25) is 9.69 Å². The Morgan fingerprint density at radius 2 is 1.94 bits per heavy atom. The minimum Gasteiger partial charge on any atom is -0.447 e. The van der Waals surface area contributed by atoms with E-state index < -0.39 is 10.0 Å². The van der Waals surface area contributed by atoms with Crippen LogP contribution in [0.15, 0.2) is 34.5 Å². The summed E-state index contributed by atoms with van der Waals surface area (Å²) in [5, 5.41) is 2.81. The van der Waals surface area contributed by atoms with Gasteiger partial charge in [0.25, 0.3) is 10.0 Å². The number of nitrogens with zero attached hydrogens (tertiary/aromatic N) is 3. The number of aryl methyl sites for hydroxylation is 1. The number of amides is 2. The second kappa shape index (κ2) is 9.16. The molecule has 0 saturated carbocycles. The van der Waals surface area contributed by atoms with E-state index in [1.54, 1.807) is 11.8 Å². The molecule has 1 aromatic heterocycles. The number of rotatable bonds is 6. The van der Waals surface area contributed by atoms with Gasteiger partial charge < -0.3 is 10.1 Å². The van der Waals surface area contributed by atoms with Gasteiger partial charge in [-0.1, -0.05) is 41.7 Å². The monoisotopic (exact) mass is 478 g/mol. The molecule has 9 nitrogen and oxygen atoms in total. The first-order valence-corrected chi connectivity index (χ1v) is 12.8. The molecule has 2 aliphatic heterocycles. The maximum atomic E-state index is 13.2. The van der Waals surface area contributed by atoms with Crippen LogP contribution >= 0.6 is 11.3 Å². The van der Waals surface area contributed by atoms with Crippen LogP contribution in [-0.4, -0.2) is 66.4 Å². The van der Waals surface area contributed by atoms with Gasteiger partial charge in [0, 0.05) is 26.1 Å². The summed E-state index contributed by atoms with van der Waals surface area (Å²) in [6.07, 6.45) is 1.45. The predicted molar refractivity (Wildman–Crippen MR) is 120 cm³/mol. The second-order valence-electron chi connectivity index (χ2n) is 8.04. The predicted octanol–water partition coefficient (Wildman–Crippen LogP) is 2.63. The first-order chi connectivity index (χ1) is 15.3. The van der Waals surface area contributed by atoms with Gasteiger partial charge in [-0.2, -0.15) is 4.31 Å². The van der Waals surface area contributed by atoms with E-state index in [9.17, 15) is 18.0 Å². The topological polar surface area (TPSA) is 109 Å². The minimum atomic E-state index is -3.73. The van der Waals surface area contributed by atoms with Crippen molar-refractivity contribution in [1.82, 2.24) is 14.2 Å². The van der Waals surface area contributed by atoms with Crippen LogP contribution in [0.25, 0.3) is 0 Å². The maximum Gasteiger partial charge on any atom is 0.410 e. The zero-order valence-corrected chi connectivity index (χ0v) is 19.6. The molecule has 172 valence electrons. The number of anilines is 1. The Bertz CT molecular complexity index is 1090. The second-order valence-corrected chi connectivity index (χ2v) is 11.2. The average Bonchev–Trinajstić information content (AvgIpc) is 3.30. The molecule has 11 heteroatoms. The number of aromatic nitrogens is 1. The molecule has 1 aromatic carbocycles. The Morgan fingerprint density at radius 3 is 2.59 bits per heavy atom. The maximum absolute atomic E-state index is 13.2. The van der Waals surface area contributed by atoms with Gasteiger partial charge in [0.2, 0.25) is 5.91 Å². The molecule has 2 aromatic rings. The van der Waals surface area contributed by atoms with Gasteiger partial charge in [0.05, 0.1) is 11.7 Å². The van der Waals surface area contributed by atoms with Crippen molar-refractivity contribution in [2.75, 3.05) is 25.0 Å². The SMILES string of the molecule is CC(=O)Nc1nc(C)c(S(=O)(=O)N2CCC(N3C(=O)OCC3Cc3ccccc3)CC2)s1. The summed E-state index contributed by atoms with van der Waals surface area (Å²) in [6.45, 7) is 3.93. The lowest BCUT2D eigenvalue weighted by atomic mass is 10.00. The minimum absolute atomic E-state index is 0.0537. The Kier molecular flexibility index (Phi) is 6.50. The third kappa shape index (κ3) is 4.64. The van der Waals surface area contributed by atoms with Crippen molar-refractivity contribution in [2.45, 2.75) is 49.4 Å². The van der Waals surface area contributed by atoms with E-state index in [2.05, 4.69) is 10.3 Å². The third-order valence-corrected chi connectivity index (χ3v) is 9.30. The fraction of sp³-hybridized carbons (Fsp3) is 0.476. The molecule has 2 aliphatic rings. The molecule has 2 amide bonds. The molecule has 2 fully saturated rings. The molecule has 0 radical (unpaired) electrons. The molecule has 0 aliphatic carbocycles. The van der Waals surface area contributed by atoms with Crippen LogP contribution < -0.4 is 5.32 Å². The van der Waals surface area contributed by atoms with E-state index in [0.717, 1.165) is 16.9 Å². The highest BCUT2D eigenvalue weighted by atomic mass is 32.2. The number of nitrogens with one attached hydrogen (secondary N) is 1. The van der Waals surface area contributed by atoms with E-state index >= 15 is 0 Å². The summed E-state index contributed by atoms with van der Waals surface area (Å²) in [4.78, 5) is 29.7. The number of benzene rings is 1. The number of cyclic esters (lactones) is 1. The summed E-state index contributed by atoms with van der Waals surface area (Å²) in [6, 6.07) is 9.84. The Labute approximate surface area is 191 Å². The fourth-order valence-electron chi connectivity index (χ4n) is 4.27. The Balaban J connectivity index is 1.43. The van der Waals surface area contributed by atoms with Crippen molar-refractivity contribution in [3.05, 3.63) is 41.6 Å². The van der Waals surface area contributed by atoms with Gasteiger partial charge >= 0.3 is 6.09 Å². The number of carbonyl (C=O) groups excluding carboxylic acids is 2. The van der Waals surface area contributed by atoms with Crippen LogP contribution in [0, 0.1) is 6.92 Å². The average molecular weight is 479 g/mol. The standard InChI is InChI=1S/C21H26N4O5S2/c1-14-19(31-20(22-14)23-15(2)26)32(28,29)24-10-8-17(9-11-24)25-18(13-30-21(25)27)12-16-6-4-3-5-7-16/h3-7,17-18H,8-13H2,1-2H3,(H,22,23,26). The number of hydrogen-bond donors (Lipinski definition) is 1. The van der Waals surface area contributed by atoms with Gasteiger partial charge in [-0.05, 0) is 31.7 Å². The molecule has 0 spiro atoms. The third-order valence-electron chi connectivity index (χ3n) is 5.75. The summed E-state index contributed by atoms with van der Waals surface area (Å²) in [5.41, 5.74) is 1.50. The van der Waals surface area contributed by atoms with Gasteiger partial charge in [0.15, 0.2) is 9.34 Å². The van der Waals surface area contributed by atoms with Crippen LogP contribution in [0.1, 0.15) is 31.0 Å². The largest absolute Gasteiger partial charge is 0.447 e. The molecule has 1 N–H and O–H groups in total. The highest BCUT2D eigenvalue weighted by molar-refractivity contribution is 7.91. The van der Waals surface area contributed by atoms with E-state index in [1.807, 2.05) is 30.3 Å². The Hall–Kier alpha value is -2.50. The van der Waals surface area contributed by atoms with Crippen molar-refractivity contribution >= 4 is 38.5 Å². The molecule has 1 unspecified atom stereocenters. The summed E-state index contributed by atoms with van der Waals surface area (Å²) in [7, 11) is -3.73. The summed E-state index contributed by atoms with van der Waals surface area (Å²) < 4.78 is 33.3. The molecule has 0 bridgehead atoms. The van der Waals surface area contributed by atoms with E-state index in [0.29, 0.717) is 44.7 Å². The van der Waals surface area contributed by atoms with E-state index in [-0.39, 0.29) is 33.4 Å². The number of carbonyl (C=O) groups is 2. The van der Waals surface area contributed by atoms with Crippen LogP contribution in [0.4, 0.5) is 9.93 Å². The quantitative estimate of drug-likeness (QED) is 0.684. The van der Waals surface area contributed by atoms with Crippen molar-refractivity contribution in [3.8, 4) is 0 Å². The smallest absolute Gasteiger partial charge is 0.410 e. The van der Waals surface area contributed by atoms with Crippen molar-refractivity contribution in [1.29, 1.82) is 0 Å². The van der Waals surface area contributed by atoms with Crippen molar-refractivity contribution in [3.63, 3.8) is 0 Å². The number of hydrogen-bond acceptors (Lipinski definition) is 7. The number of piperidine rings is 1. The van der Waals surface area contributed by atoms with E-state index in [1.165, 1.54) is 11.2 Å². The molecule has 2 saturated heterocycles. The number of ether oxygens (including phenoxy) is 1. The van der Waals surface area contributed by atoms with Gasteiger partial charge in [0.1, 0.15) is 6.61 Å². The summed E-state index contributed by atoms with van der Waals surface area (Å²) in [5.74, 6) is -0.300. The number of sulfonamides is 1. The first kappa shape index (κ1) is 22.7. The van der Waals surface area contributed by atoms with Crippen molar-refractivity contribution < 1.29 is 22.7 Å². The molecule has 3 heterocycles. The van der Waals surface area contributed by atoms with Crippen LogP contribution in [-0.2, 0) is 26.0 Å². The fourth-order valence-corrected chi connectivity index (χ4v) is 7.33. The van der Waals surface area contributed by atoms with Gasteiger partial charge in [-0.25, -0.2) is 18.2 Å². The normalized spacial score (nSPS) is 20.4. The summed E-state index contributed by atoms with van der Waals surface area (Å²) >= 11 is 0.959. The van der Waals surface area contributed by atoms with Crippen LogP contribution in [0.5, 0.6) is 0 Å². The zero-order chi connectivity index (χ0) is 22.9. The zero-order valence-electron chi connectivity index (χ0n) is 18.0. The lowest BCUT2D eigenvalue weighted by Crippen LogP contribution is -2.50. The van der Waals surface area contributed by atoms with Crippen LogP contribution in [0.2, 0.25) is 0 Å². The lowest BCUT2D eigenvalue weighted by Gasteiger charge is -2.37. The molecule has 32 heavy (non-hydrogen) atoms. The molecular formula is C21H26N4O5S2. The van der Waals surface area contributed by atoms with Crippen LogP contribution in [0.3, 0.4) is 0 Å². The first-order valence-electron chi connectivity index (χ1n) is 10.5. The Morgan fingerprint density at radius 1 is 1.25 bits per heavy atom. The highest BCUT2D eigenvalue weighted by Crippen LogP contribution is 2.33.